The summed E-state index contributed by atoms with van der Waals surface area (Å²) in [4.78, 5) is 12.7. The SMILES string of the molecule is COc1ccc(NC(=O)c2cccc(S(=O)(=O)NC(C)CCOCCSC)c2)cc1C. The van der Waals surface area contributed by atoms with Crippen molar-refractivity contribution in [2.45, 2.75) is 31.2 Å². The van der Waals surface area contributed by atoms with Crippen LogP contribution in [0.5, 0.6) is 5.75 Å². The lowest BCUT2D eigenvalue weighted by atomic mass is 10.1. The molecule has 2 rings (SSSR count). The molecule has 0 aliphatic rings. The number of nitrogens with one attached hydrogen (secondary N) is 2. The number of sulfonamides is 1. The van der Waals surface area contributed by atoms with Crippen molar-refractivity contribution < 1.29 is 22.7 Å². The molecule has 0 spiro atoms. The molecule has 0 fully saturated rings. The Kier molecular flexibility index (Phi) is 9.83. The van der Waals surface area contributed by atoms with Crippen molar-refractivity contribution in [3.63, 3.8) is 0 Å². The smallest absolute Gasteiger partial charge is 0.255 e. The summed E-state index contributed by atoms with van der Waals surface area (Å²) in [7, 11) is -2.17. The average Bonchev–Trinajstić information content (AvgIpc) is 2.73. The third-order valence-corrected chi connectivity index (χ3v) is 6.70. The topological polar surface area (TPSA) is 93.7 Å². The molecule has 2 aromatic rings. The van der Waals surface area contributed by atoms with Crippen LogP contribution in [0.1, 0.15) is 29.3 Å². The number of thioether (sulfide) groups is 1. The Balaban J connectivity index is 2.02. The van der Waals surface area contributed by atoms with Crippen LogP contribution in [0.3, 0.4) is 0 Å². The van der Waals surface area contributed by atoms with Crippen molar-refractivity contribution in [1.82, 2.24) is 4.72 Å². The second-order valence-corrected chi connectivity index (χ2v) is 9.78. The van der Waals surface area contributed by atoms with Gasteiger partial charge in [-0.2, -0.15) is 11.8 Å². The van der Waals surface area contributed by atoms with Gasteiger partial charge in [-0.15, -0.1) is 0 Å². The summed E-state index contributed by atoms with van der Waals surface area (Å²) in [6.07, 6.45) is 2.57. The molecule has 170 valence electrons. The number of amides is 1. The third-order valence-electron chi connectivity index (χ3n) is 4.54. The fourth-order valence-corrected chi connectivity index (χ4v) is 4.47. The van der Waals surface area contributed by atoms with E-state index in [0.29, 0.717) is 25.3 Å². The van der Waals surface area contributed by atoms with Gasteiger partial charge in [0.2, 0.25) is 10.0 Å². The summed E-state index contributed by atoms with van der Waals surface area (Å²) in [6.45, 7) is 4.79. The summed E-state index contributed by atoms with van der Waals surface area (Å²) < 4.78 is 38.8. The standard InChI is InChI=1S/C22H30N2O5S2/c1-16-14-19(8-9-21(16)28-3)23-22(25)18-6-5-7-20(15-18)31(26,27)24-17(2)10-11-29-12-13-30-4/h5-9,14-15,17,24H,10-13H2,1-4H3,(H,23,25). The molecule has 0 saturated heterocycles. The number of anilines is 1. The quantitative estimate of drug-likeness (QED) is 0.464. The minimum atomic E-state index is -3.76. The van der Waals surface area contributed by atoms with E-state index in [1.807, 2.05) is 13.2 Å². The number of methoxy groups -OCH3 is 1. The number of ether oxygens (including phenoxy) is 2. The molecule has 1 amide bonds. The predicted molar refractivity (Wildman–Crippen MR) is 126 cm³/mol. The molecule has 0 aliphatic heterocycles. The third kappa shape index (κ3) is 7.84. The predicted octanol–water partition coefficient (Wildman–Crippen LogP) is 3.69. The Hall–Kier alpha value is -2.07. The molecular weight excluding hydrogens is 436 g/mol. The highest BCUT2D eigenvalue weighted by Crippen LogP contribution is 2.22. The summed E-state index contributed by atoms with van der Waals surface area (Å²) in [5.41, 5.74) is 1.74. The number of hydrogen-bond acceptors (Lipinski definition) is 6. The van der Waals surface area contributed by atoms with Crippen LogP contribution in [0.25, 0.3) is 0 Å². The Morgan fingerprint density at radius 1 is 1.16 bits per heavy atom. The second kappa shape index (κ2) is 12.1. The minimum Gasteiger partial charge on any atom is -0.496 e. The van der Waals surface area contributed by atoms with E-state index in [1.54, 1.807) is 56.1 Å². The van der Waals surface area contributed by atoms with Gasteiger partial charge in [0.05, 0.1) is 18.6 Å². The zero-order valence-electron chi connectivity index (χ0n) is 18.3. The lowest BCUT2D eigenvalue weighted by Crippen LogP contribution is -2.33. The van der Waals surface area contributed by atoms with Crippen molar-refractivity contribution in [3.8, 4) is 5.75 Å². The fraction of sp³-hybridized carbons (Fsp3) is 0.409. The van der Waals surface area contributed by atoms with E-state index in [2.05, 4.69) is 10.0 Å². The maximum atomic E-state index is 12.7. The molecule has 0 saturated carbocycles. The molecule has 0 radical (unpaired) electrons. The van der Waals surface area contributed by atoms with E-state index >= 15 is 0 Å². The number of carbonyl (C=O) groups is 1. The molecule has 7 nitrogen and oxygen atoms in total. The summed E-state index contributed by atoms with van der Waals surface area (Å²) >= 11 is 1.70. The zero-order valence-corrected chi connectivity index (χ0v) is 19.9. The number of hydrogen-bond donors (Lipinski definition) is 2. The van der Waals surface area contributed by atoms with Crippen LogP contribution in [0.15, 0.2) is 47.4 Å². The van der Waals surface area contributed by atoms with E-state index in [9.17, 15) is 13.2 Å². The molecule has 0 bridgehead atoms. The zero-order chi connectivity index (χ0) is 22.9. The van der Waals surface area contributed by atoms with Crippen LogP contribution >= 0.6 is 11.8 Å². The minimum absolute atomic E-state index is 0.0428. The summed E-state index contributed by atoms with van der Waals surface area (Å²) in [5, 5.41) is 2.79. The van der Waals surface area contributed by atoms with Gasteiger partial charge >= 0.3 is 0 Å². The van der Waals surface area contributed by atoms with Gasteiger partial charge in [0, 0.05) is 29.7 Å². The molecule has 1 unspecified atom stereocenters. The van der Waals surface area contributed by atoms with Crippen LogP contribution in [0.4, 0.5) is 5.69 Å². The Bertz CT molecular complexity index is 980. The lowest BCUT2D eigenvalue weighted by molar-refractivity contribution is 0.102. The molecule has 2 N–H and O–H groups in total. The van der Waals surface area contributed by atoms with Crippen molar-refractivity contribution >= 4 is 33.4 Å². The molecule has 0 aliphatic carbocycles. The van der Waals surface area contributed by atoms with Gasteiger partial charge in [0.25, 0.3) is 5.91 Å². The van der Waals surface area contributed by atoms with Crippen molar-refractivity contribution in [3.05, 3.63) is 53.6 Å². The molecule has 31 heavy (non-hydrogen) atoms. The maximum Gasteiger partial charge on any atom is 0.255 e. The number of carbonyl (C=O) groups excluding carboxylic acids is 1. The summed E-state index contributed by atoms with van der Waals surface area (Å²) in [5.74, 6) is 1.24. The molecule has 0 heterocycles. The number of benzene rings is 2. The molecule has 0 aromatic heterocycles. The lowest BCUT2D eigenvalue weighted by Gasteiger charge is -2.15. The van der Waals surface area contributed by atoms with Crippen LogP contribution in [0.2, 0.25) is 0 Å². The van der Waals surface area contributed by atoms with E-state index in [0.717, 1.165) is 17.1 Å². The average molecular weight is 467 g/mol. The first kappa shape index (κ1) is 25.2. The van der Waals surface area contributed by atoms with Crippen molar-refractivity contribution in [2.24, 2.45) is 0 Å². The molecular formula is C22H30N2O5S2. The largest absolute Gasteiger partial charge is 0.496 e. The monoisotopic (exact) mass is 466 g/mol. The van der Waals surface area contributed by atoms with E-state index in [1.165, 1.54) is 12.1 Å². The summed E-state index contributed by atoms with van der Waals surface area (Å²) in [6, 6.07) is 11.0. The van der Waals surface area contributed by atoms with Crippen LogP contribution in [-0.2, 0) is 14.8 Å². The number of rotatable bonds is 12. The number of aryl methyl sites for hydroxylation is 1. The van der Waals surface area contributed by atoms with Crippen LogP contribution in [0, 0.1) is 6.92 Å². The fourth-order valence-electron chi connectivity index (χ4n) is 2.86. The highest BCUT2D eigenvalue weighted by molar-refractivity contribution is 7.98. The highest BCUT2D eigenvalue weighted by Gasteiger charge is 2.19. The van der Waals surface area contributed by atoms with Crippen molar-refractivity contribution in [2.75, 3.05) is 37.6 Å². The second-order valence-electron chi connectivity index (χ2n) is 7.08. The highest BCUT2D eigenvalue weighted by atomic mass is 32.2. The first-order chi connectivity index (χ1) is 14.8. The van der Waals surface area contributed by atoms with Gasteiger partial charge in [-0.1, -0.05) is 6.07 Å². The Morgan fingerprint density at radius 3 is 2.61 bits per heavy atom. The first-order valence-corrected chi connectivity index (χ1v) is 12.8. The van der Waals surface area contributed by atoms with E-state index < -0.39 is 15.9 Å². The van der Waals surface area contributed by atoms with Crippen molar-refractivity contribution in [1.29, 1.82) is 0 Å². The Labute approximate surface area is 189 Å². The van der Waals surface area contributed by atoms with Gasteiger partial charge in [-0.3, -0.25) is 4.79 Å². The normalized spacial score (nSPS) is 12.4. The van der Waals surface area contributed by atoms with Gasteiger partial charge in [-0.25, -0.2) is 13.1 Å². The van der Waals surface area contributed by atoms with Gasteiger partial charge in [0.15, 0.2) is 0 Å². The molecule has 2 aromatic carbocycles. The van der Waals surface area contributed by atoms with E-state index in [-0.39, 0.29) is 16.5 Å². The van der Waals surface area contributed by atoms with Gasteiger partial charge in [-0.05, 0) is 68.5 Å². The van der Waals surface area contributed by atoms with Crippen LogP contribution in [-0.4, -0.2) is 52.7 Å². The molecule has 9 heteroatoms. The van der Waals surface area contributed by atoms with E-state index in [4.69, 9.17) is 9.47 Å². The maximum absolute atomic E-state index is 12.7. The van der Waals surface area contributed by atoms with Crippen LogP contribution < -0.4 is 14.8 Å². The Morgan fingerprint density at radius 2 is 1.94 bits per heavy atom. The van der Waals surface area contributed by atoms with Gasteiger partial charge in [0.1, 0.15) is 5.75 Å². The molecule has 1 atom stereocenters. The first-order valence-electron chi connectivity index (χ1n) is 9.92. The van der Waals surface area contributed by atoms with Gasteiger partial charge < -0.3 is 14.8 Å².